The minimum Gasteiger partial charge on any atom is -0.496 e. The lowest BCUT2D eigenvalue weighted by molar-refractivity contribution is 0.344. The summed E-state index contributed by atoms with van der Waals surface area (Å²) in [6.45, 7) is 6.12. The van der Waals surface area contributed by atoms with Crippen LogP contribution in [0.15, 0.2) is 27.6 Å². The molecule has 7 heteroatoms. The van der Waals surface area contributed by atoms with Crippen molar-refractivity contribution in [2.24, 2.45) is 11.7 Å². The first kappa shape index (κ1) is 18.4. The molecule has 0 saturated carbocycles. The van der Waals surface area contributed by atoms with Crippen molar-refractivity contribution in [1.29, 1.82) is 0 Å². The number of nitrogens with one attached hydrogen (secondary N) is 1. The van der Waals surface area contributed by atoms with E-state index >= 15 is 0 Å². The molecular weight excluding hydrogens is 356 g/mol. The summed E-state index contributed by atoms with van der Waals surface area (Å²) >= 11 is 3.30. The zero-order valence-corrected chi connectivity index (χ0v) is 15.2. The molecule has 0 spiro atoms. The van der Waals surface area contributed by atoms with Crippen molar-refractivity contribution in [3.05, 3.63) is 22.7 Å². The van der Waals surface area contributed by atoms with Crippen LogP contribution in [0.5, 0.6) is 5.75 Å². The monoisotopic (exact) mass is 378 g/mol. The maximum Gasteiger partial charge on any atom is 0.241 e. The summed E-state index contributed by atoms with van der Waals surface area (Å²) in [5.74, 6) is 0.803. The first-order valence-corrected chi connectivity index (χ1v) is 8.99. The summed E-state index contributed by atoms with van der Waals surface area (Å²) in [7, 11) is -2.16. The number of hydrogen-bond donors (Lipinski definition) is 2. The van der Waals surface area contributed by atoms with Crippen LogP contribution in [0.25, 0.3) is 0 Å². The molecule has 1 rings (SSSR count). The molecule has 0 heterocycles. The van der Waals surface area contributed by atoms with Crippen LogP contribution in [0.1, 0.15) is 27.2 Å². The number of methoxy groups -OCH3 is 1. The molecule has 1 atom stereocenters. The highest BCUT2D eigenvalue weighted by Gasteiger charge is 2.30. The Morgan fingerprint density at radius 2 is 2.05 bits per heavy atom. The maximum atomic E-state index is 12.5. The number of rotatable bonds is 7. The predicted molar refractivity (Wildman–Crippen MR) is 87.9 cm³/mol. The molecule has 1 aromatic carbocycles. The zero-order chi connectivity index (χ0) is 16.3. The van der Waals surface area contributed by atoms with Crippen LogP contribution in [0, 0.1) is 5.92 Å². The summed E-state index contributed by atoms with van der Waals surface area (Å²) in [5.41, 5.74) is 5.09. The summed E-state index contributed by atoms with van der Waals surface area (Å²) < 4.78 is 33.6. The molecule has 3 N–H and O–H groups in total. The van der Waals surface area contributed by atoms with Gasteiger partial charge in [-0.25, -0.2) is 13.1 Å². The number of benzene rings is 1. The average molecular weight is 379 g/mol. The van der Waals surface area contributed by atoms with Crippen molar-refractivity contribution >= 4 is 26.0 Å². The van der Waals surface area contributed by atoms with Gasteiger partial charge in [0.05, 0.1) is 16.5 Å². The van der Waals surface area contributed by atoms with Gasteiger partial charge in [-0.3, -0.25) is 0 Å². The number of halogens is 1. The number of sulfonamides is 1. The Bertz CT molecular complexity index is 590. The van der Waals surface area contributed by atoms with Crippen LogP contribution in [-0.2, 0) is 10.0 Å². The molecule has 0 aliphatic heterocycles. The van der Waals surface area contributed by atoms with Crippen molar-refractivity contribution in [1.82, 2.24) is 4.72 Å². The van der Waals surface area contributed by atoms with Crippen LogP contribution >= 0.6 is 15.9 Å². The third kappa shape index (κ3) is 4.95. The Hall–Kier alpha value is -0.630. The van der Waals surface area contributed by atoms with Crippen molar-refractivity contribution in [3.63, 3.8) is 0 Å². The summed E-state index contributed by atoms with van der Waals surface area (Å²) in [6, 6.07) is 4.66. The molecule has 0 amide bonds. The van der Waals surface area contributed by atoms with E-state index in [-0.39, 0.29) is 11.4 Å². The molecule has 120 valence electrons. The Balaban J connectivity index is 3.11. The molecule has 5 nitrogen and oxygen atoms in total. The fourth-order valence-electron chi connectivity index (χ4n) is 2.26. The van der Waals surface area contributed by atoms with E-state index in [0.717, 1.165) is 0 Å². The highest BCUT2D eigenvalue weighted by molar-refractivity contribution is 9.10. The fourth-order valence-corrected chi connectivity index (χ4v) is 4.11. The van der Waals surface area contributed by atoms with E-state index in [2.05, 4.69) is 20.7 Å². The van der Waals surface area contributed by atoms with Gasteiger partial charge in [0, 0.05) is 18.2 Å². The van der Waals surface area contributed by atoms with Crippen LogP contribution < -0.4 is 15.2 Å². The molecule has 0 aromatic heterocycles. The lowest BCUT2D eigenvalue weighted by Gasteiger charge is -2.30. The second-order valence-corrected chi connectivity index (χ2v) is 8.30. The largest absolute Gasteiger partial charge is 0.496 e. The van der Waals surface area contributed by atoms with Gasteiger partial charge in [0.25, 0.3) is 0 Å². The SMILES string of the molecule is COc1cc(S(=O)(=O)NC(C)(CN)CC(C)C)ccc1Br. The van der Waals surface area contributed by atoms with Crippen LogP contribution in [-0.4, -0.2) is 27.6 Å². The Labute approximate surface area is 135 Å². The Morgan fingerprint density at radius 1 is 1.43 bits per heavy atom. The lowest BCUT2D eigenvalue weighted by Crippen LogP contribution is -2.51. The van der Waals surface area contributed by atoms with Crippen LogP contribution in [0.3, 0.4) is 0 Å². The fraction of sp³-hybridized carbons (Fsp3) is 0.571. The Morgan fingerprint density at radius 3 is 2.52 bits per heavy atom. The highest BCUT2D eigenvalue weighted by Crippen LogP contribution is 2.28. The van der Waals surface area contributed by atoms with Gasteiger partial charge in [0.2, 0.25) is 10.0 Å². The van der Waals surface area contributed by atoms with Gasteiger partial charge in [-0.2, -0.15) is 0 Å². The minimum atomic E-state index is -3.66. The van der Waals surface area contributed by atoms with Crippen molar-refractivity contribution in [2.75, 3.05) is 13.7 Å². The van der Waals surface area contributed by atoms with Gasteiger partial charge in [-0.15, -0.1) is 0 Å². The predicted octanol–water partition coefficient (Wildman–Crippen LogP) is 2.50. The van der Waals surface area contributed by atoms with Crippen molar-refractivity contribution in [3.8, 4) is 5.75 Å². The normalized spacial score (nSPS) is 15.0. The van der Waals surface area contributed by atoms with Gasteiger partial charge in [-0.1, -0.05) is 13.8 Å². The van der Waals surface area contributed by atoms with E-state index < -0.39 is 15.6 Å². The van der Waals surface area contributed by atoms with E-state index in [1.165, 1.54) is 19.2 Å². The zero-order valence-electron chi connectivity index (χ0n) is 12.8. The molecule has 0 bridgehead atoms. The quantitative estimate of drug-likeness (QED) is 0.763. The molecule has 1 unspecified atom stereocenters. The molecule has 0 saturated heterocycles. The lowest BCUT2D eigenvalue weighted by atomic mass is 9.92. The summed E-state index contributed by atoms with van der Waals surface area (Å²) in [6.07, 6.45) is 0.663. The van der Waals surface area contributed by atoms with Gasteiger partial charge < -0.3 is 10.5 Å². The van der Waals surface area contributed by atoms with E-state index in [1.807, 2.05) is 20.8 Å². The molecular formula is C14H23BrN2O3S. The summed E-state index contributed by atoms with van der Waals surface area (Å²) in [5, 5.41) is 0. The van der Waals surface area contributed by atoms with Crippen LogP contribution in [0.4, 0.5) is 0 Å². The Kier molecular flexibility index (Phi) is 6.22. The van der Waals surface area contributed by atoms with Gasteiger partial charge in [0.1, 0.15) is 5.75 Å². The van der Waals surface area contributed by atoms with E-state index in [4.69, 9.17) is 10.5 Å². The molecule has 0 aliphatic rings. The first-order chi connectivity index (χ1) is 9.63. The van der Waals surface area contributed by atoms with Gasteiger partial charge in [-0.05, 0) is 47.3 Å². The van der Waals surface area contributed by atoms with Crippen LogP contribution in [0.2, 0.25) is 0 Å². The second-order valence-electron chi connectivity index (χ2n) is 5.76. The standard InChI is InChI=1S/C14H23BrN2O3S/c1-10(2)8-14(3,9-16)17-21(18,19)11-5-6-12(15)13(7-11)20-4/h5-7,10,17H,8-9,16H2,1-4H3. The van der Waals surface area contributed by atoms with Crippen molar-refractivity contribution < 1.29 is 13.2 Å². The third-order valence-corrected chi connectivity index (χ3v) is 5.41. The molecule has 0 aliphatic carbocycles. The van der Waals surface area contributed by atoms with E-state index in [9.17, 15) is 8.42 Å². The minimum absolute atomic E-state index is 0.158. The molecule has 0 radical (unpaired) electrons. The number of ether oxygens (including phenoxy) is 1. The van der Waals surface area contributed by atoms with E-state index in [0.29, 0.717) is 22.6 Å². The number of hydrogen-bond acceptors (Lipinski definition) is 4. The topological polar surface area (TPSA) is 81.4 Å². The average Bonchev–Trinajstić information content (AvgIpc) is 2.37. The van der Waals surface area contributed by atoms with Gasteiger partial charge >= 0.3 is 0 Å². The van der Waals surface area contributed by atoms with E-state index in [1.54, 1.807) is 6.07 Å². The molecule has 0 fully saturated rings. The van der Waals surface area contributed by atoms with Crippen molar-refractivity contribution in [2.45, 2.75) is 37.6 Å². The maximum absolute atomic E-state index is 12.5. The highest BCUT2D eigenvalue weighted by atomic mass is 79.9. The van der Waals surface area contributed by atoms with Gasteiger partial charge in [0.15, 0.2) is 0 Å². The third-order valence-electron chi connectivity index (χ3n) is 3.12. The second kappa shape index (κ2) is 7.09. The first-order valence-electron chi connectivity index (χ1n) is 6.71. The summed E-state index contributed by atoms with van der Waals surface area (Å²) in [4.78, 5) is 0.158. The smallest absolute Gasteiger partial charge is 0.241 e. The number of nitrogens with two attached hydrogens (primary N) is 1. The molecule has 1 aromatic rings. The molecule has 21 heavy (non-hydrogen) atoms.